The van der Waals surface area contributed by atoms with Crippen LogP contribution in [0.3, 0.4) is 0 Å². The molecule has 0 atom stereocenters. The van der Waals surface area contributed by atoms with Gasteiger partial charge in [-0.05, 0) is 36.2 Å². The lowest BCUT2D eigenvalue weighted by atomic mass is 10.1. The Morgan fingerprint density at radius 2 is 1.93 bits per heavy atom. The molecule has 6 nitrogen and oxygen atoms in total. The summed E-state index contributed by atoms with van der Waals surface area (Å²) in [5.74, 6) is 0.254. The van der Waals surface area contributed by atoms with Crippen molar-refractivity contribution in [1.29, 1.82) is 0 Å². The van der Waals surface area contributed by atoms with Gasteiger partial charge in [0.25, 0.3) is 0 Å². The number of guanidine groups is 1. The van der Waals surface area contributed by atoms with Crippen molar-refractivity contribution in [2.45, 2.75) is 25.6 Å². The van der Waals surface area contributed by atoms with E-state index in [1.807, 2.05) is 28.8 Å². The summed E-state index contributed by atoms with van der Waals surface area (Å²) >= 11 is 0. The van der Waals surface area contributed by atoms with Crippen molar-refractivity contribution in [3.63, 3.8) is 0 Å². The molecule has 0 spiro atoms. The molecule has 0 saturated carbocycles. The standard InChI is InChI=1S/C19H20F4N6.HI/c1-24-18(26-12-13-7-8-14(20)11-15(13)19(21,22)23)25-9-4-6-17-28-27-16-5-2-3-10-29(16)17;/h2-3,5,7-8,10-11H,4,6,9,12H2,1H3,(H2,24,25,26);1H. The predicted molar refractivity (Wildman–Crippen MR) is 116 cm³/mol. The van der Waals surface area contributed by atoms with Crippen LogP contribution in [0.1, 0.15) is 23.4 Å². The van der Waals surface area contributed by atoms with Crippen molar-refractivity contribution < 1.29 is 17.6 Å². The second-order valence-corrected chi connectivity index (χ2v) is 6.30. The van der Waals surface area contributed by atoms with E-state index in [1.54, 1.807) is 0 Å². The molecule has 11 heteroatoms. The third-order valence-corrected chi connectivity index (χ3v) is 4.30. The predicted octanol–water partition coefficient (Wildman–Crippen LogP) is 3.80. The van der Waals surface area contributed by atoms with Crippen molar-refractivity contribution in [3.05, 3.63) is 65.4 Å². The monoisotopic (exact) mass is 536 g/mol. The molecule has 162 valence electrons. The molecular formula is C19H21F4IN6. The number of rotatable bonds is 6. The van der Waals surface area contributed by atoms with Gasteiger partial charge in [-0.3, -0.25) is 9.39 Å². The molecule has 0 amide bonds. The Labute approximate surface area is 187 Å². The first-order chi connectivity index (χ1) is 13.9. The Hall–Kier alpha value is -2.44. The van der Waals surface area contributed by atoms with Crippen LogP contribution in [-0.2, 0) is 19.1 Å². The Kier molecular flexibility index (Phi) is 8.38. The highest BCUT2D eigenvalue weighted by Gasteiger charge is 2.33. The van der Waals surface area contributed by atoms with Crippen molar-refractivity contribution >= 4 is 35.6 Å². The zero-order valence-electron chi connectivity index (χ0n) is 16.1. The largest absolute Gasteiger partial charge is 0.416 e. The molecule has 30 heavy (non-hydrogen) atoms. The number of hydrogen-bond acceptors (Lipinski definition) is 3. The molecule has 0 fully saturated rings. The van der Waals surface area contributed by atoms with Gasteiger partial charge >= 0.3 is 6.18 Å². The molecule has 0 aliphatic rings. The summed E-state index contributed by atoms with van der Waals surface area (Å²) < 4.78 is 54.3. The SMILES string of the molecule is CN=C(NCCCc1nnc2ccccn12)NCc1ccc(F)cc1C(F)(F)F.I. The van der Waals surface area contributed by atoms with Crippen molar-refractivity contribution in [2.24, 2.45) is 4.99 Å². The minimum atomic E-state index is -4.63. The third-order valence-electron chi connectivity index (χ3n) is 4.30. The van der Waals surface area contributed by atoms with Crippen LogP contribution in [0.15, 0.2) is 47.6 Å². The highest BCUT2D eigenvalue weighted by Crippen LogP contribution is 2.32. The highest BCUT2D eigenvalue weighted by molar-refractivity contribution is 14.0. The number of aryl methyl sites for hydroxylation is 1. The van der Waals surface area contributed by atoms with Crippen LogP contribution >= 0.6 is 24.0 Å². The maximum absolute atomic E-state index is 13.2. The van der Waals surface area contributed by atoms with Gasteiger partial charge in [0.05, 0.1) is 5.56 Å². The van der Waals surface area contributed by atoms with E-state index in [-0.39, 0.29) is 36.1 Å². The van der Waals surface area contributed by atoms with E-state index in [1.165, 1.54) is 7.05 Å². The molecule has 2 aromatic heterocycles. The molecule has 0 radical (unpaired) electrons. The second kappa shape index (κ2) is 10.5. The van der Waals surface area contributed by atoms with E-state index in [2.05, 4.69) is 25.8 Å². The van der Waals surface area contributed by atoms with Gasteiger partial charge < -0.3 is 10.6 Å². The maximum atomic E-state index is 13.2. The summed E-state index contributed by atoms with van der Waals surface area (Å²) in [5.41, 5.74) is -0.288. The minimum Gasteiger partial charge on any atom is -0.356 e. The zero-order chi connectivity index (χ0) is 20.9. The number of benzene rings is 1. The van der Waals surface area contributed by atoms with Gasteiger partial charge in [0.1, 0.15) is 11.6 Å². The molecule has 2 N–H and O–H groups in total. The normalized spacial score (nSPS) is 12.0. The average molecular weight is 536 g/mol. The average Bonchev–Trinajstić information content (AvgIpc) is 3.10. The number of hydrogen-bond donors (Lipinski definition) is 2. The smallest absolute Gasteiger partial charge is 0.356 e. The molecule has 3 aromatic rings. The van der Waals surface area contributed by atoms with Crippen LogP contribution in [0.25, 0.3) is 5.65 Å². The van der Waals surface area contributed by atoms with E-state index < -0.39 is 17.6 Å². The van der Waals surface area contributed by atoms with Crippen LogP contribution < -0.4 is 10.6 Å². The number of fused-ring (bicyclic) bond motifs is 1. The van der Waals surface area contributed by atoms with E-state index >= 15 is 0 Å². The van der Waals surface area contributed by atoms with Gasteiger partial charge in [0, 0.05) is 32.8 Å². The lowest BCUT2D eigenvalue weighted by Gasteiger charge is -2.16. The van der Waals surface area contributed by atoms with Crippen LogP contribution in [-0.4, -0.2) is 34.2 Å². The fraction of sp³-hybridized carbons (Fsp3) is 0.316. The summed E-state index contributed by atoms with van der Waals surface area (Å²) in [5, 5.41) is 14.1. The lowest BCUT2D eigenvalue weighted by molar-refractivity contribution is -0.138. The van der Waals surface area contributed by atoms with Crippen molar-refractivity contribution in [1.82, 2.24) is 25.2 Å². The number of nitrogens with zero attached hydrogens (tertiary/aromatic N) is 4. The molecule has 1 aromatic carbocycles. The maximum Gasteiger partial charge on any atom is 0.416 e. The van der Waals surface area contributed by atoms with E-state index in [9.17, 15) is 17.6 Å². The van der Waals surface area contributed by atoms with Crippen molar-refractivity contribution in [3.8, 4) is 0 Å². The van der Waals surface area contributed by atoms with Crippen LogP contribution in [0.2, 0.25) is 0 Å². The second-order valence-electron chi connectivity index (χ2n) is 6.30. The van der Waals surface area contributed by atoms with E-state index in [0.717, 1.165) is 30.0 Å². The van der Waals surface area contributed by atoms with Gasteiger partial charge in [0.2, 0.25) is 0 Å². The van der Waals surface area contributed by atoms with Gasteiger partial charge in [0.15, 0.2) is 11.6 Å². The molecule has 3 rings (SSSR count). The molecule has 0 aliphatic heterocycles. The number of aromatic nitrogens is 3. The van der Waals surface area contributed by atoms with Crippen LogP contribution in [0, 0.1) is 5.82 Å². The minimum absolute atomic E-state index is 0. The summed E-state index contributed by atoms with van der Waals surface area (Å²) in [6.07, 6.45) is -1.34. The summed E-state index contributed by atoms with van der Waals surface area (Å²) in [4.78, 5) is 4.00. The van der Waals surface area contributed by atoms with E-state index in [4.69, 9.17) is 0 Å². The quantitative estimate of drug-likeness (QED) is 0.166. The first-order valence-corrected chi connectivity index (χ1v) is 8.97. The summed E-state index contributed by atoms with van der Waals surface area (Å²) in [7, 11) is 1.52. The number of nitrogens with one attached hydrogen (secondary N) is 2. The topological polar surface area (TPSA) is 66.6 Å². The van der Waals surface area contributed by atoms with Crippen LogP contribution in [0.5, 0.6) is 0 Å². The lowest BCUT2D eigenvalue weighted by Crippen LogP contribution is -2.37. The highest BCUT2D eigenvalue weighted by atomic mass is 127. The summed E-state index contributed by atoms with van der Waals surface area (Å²) in [6, 6.07) is 8.27. The van der Waals surface area contributed by atoms with Crippen molar-refractivity contribution in [2.75, 3.05) is 13.6 Å². The fourth-order valence-electron chi connectivity index (χ4n) is 2.88. The fourth-order valence-corrected chi connectivity index (χ4v) is 2.88. The number of aliphatic imine (C=N–C) groups is 1. The Morgan fingerprint density at radius 3 is 2.67 bits per heavy atom. The molecular weight excluding hydrogens is 515 g/mol. The Bertz CT molecular complexity index is 1000. The van der Waals surface area contributed by atoms with Gasteiger partial charge in [-0.25, -0.2) is 4.39 Å². The number of halogens is 5. The third kappa shape index (κ3) is 6.03. The van der Waals surface area contributed by atoms with Gasteiger partial charge in [-0.15, -0.1) is 34.2 Å². The molecule has 0 unspecified atom stereocenters. The van der Waals surface area contributed by atoms with Crippen LogP contribution in [0.4, 0.5) is 17.6 Å². The first kappa shape index (κ1) is 23.8. The Morgan fingerprint density at radius 1 is 1.13 bits per heavy atom. The summed E-state index contributed by atoms with van der Waals surface area (Å²) in [6.45, 7) is 0.403. The van der Waals surface area contributed by atoms with Gasteiger partial charge in [-0.1, -0.05) is 12.1 Å². The number of alkyl halides is 3. The Balaban J connectivity index is 0.00000320. The molecule has 2 heterocycles. The van der Waals surface area contributed by atoms with Gasteiger partial charge in [-0.2, -0.15) is 13.2 Å². The molecule has 0 bridgehead atoms. The molecule has 0 saturated heterocycles. The first-order valence-electron chi connectivity index (χ1n) is 8.97. The number of pyridine rings is 1. The zero-order valence-corrected chi connectivity index (χ0v) is 18.4. The van der Waals surface area contributed by atoms with E-state index in [0.29, 0.717) is 25.0 Å². The molecule has 0 aliphatic carbocycles.